The van der Waals surface area contributed by atoms with Crippen molar-refractivity contribution in [2.24, 2.45) is 5.10 Å². The summed E-state index contributed by atoms with van der Waals surface area (Å²) in [7, 11) is 1.37. The maximum atomic E-state index is 13.6. The predicted molar refractivity (Wildman–Crippen MR) is 92.5 cm³/mol. The minimum atomic E-state index is -5.09. The number of hydrogen-bond donors (Lipinski definition) is 1. The number of hydrazone groups is 1. The first-order chi connectivity index (χ1) is 12.7. The molecule has 0 aromatic heterocycles. The van der Waals surface area contributed by atoms with Gasteiger partial charge >= 0.3 is 6.18 Å². The van der Waals surface area contributed by atoms with E-state index < -0.39 is 24.2 Å². The summed E-state index contributed by atoms with van der Waals surface area (Å²) in [5, 5.41) is 14.3. The van der Waals surface area contributed by atoms with Crippen LogP contribution in [0.1, 0.15) is 27.9 Å². The zero-order chi connectivity index (χ0) is 19.8. The van der Waals surface area contributed by atoms with Gasteiger partial charge in [-0.25, -0.2) is 0 Å². The number of nitrogens with zero attached hydrogens (tertiary/aromatic N) is 2. The zero-order valence-corrected chi connectivity index (χ0v) is 14.6. The van der Waals surface area contributed by atoms with E-state index in [0.717, 1.165) is 5.56 Å². The topological polar surface area (TPSA) is 62.1 Å². The molecule has 0 spiro atoms. The van der Waals surface area contributed by atoms with E-state index in [9.17, 15) is 23.1 Å². The van der Waals surface area contributed by atoms with Crippen LogP contribution < -0.4 is 4.74 Å². The molecule has 1 N–H and O–H groups in total. The predicted octanol–water partition coefficient (Wildman–Crippen LogP) is 3.50. The van der Waals surface area contributed by atoms with Crippen molar-refractivity contribution in [3.63, 3.8) is 0 Å². The molecule has 0 bridgehead atoms. The van der Waals surface area contributed by atoms with Gasteiger partial charge in [0.25, 0.3) is 11.6 Å². The van der Waals surface area contributed by atoms with Crippen LogP contribution in [-0.4, -0.2) is 40.7 Å². The maximum absolute atomic E-state index is 13.6. The molecule has 2 aromatic carbocycles. The molecule has 0 unspecified atom stereocenters. The Kier molecular flexibility index (Phi) is 4.69. The van der Waals surface area contributed by atoms with E-state index in [2.05, 4.69) is 5.10 Å². The van der Waals surface area contributed by atoms with Crippen LogP contribution in [0.4, 0.5) is 13.2 Å². The van der Waals surface area contributed by atoms with Crippen molar-refractivity contribution in [1.82, 2.24) is 5.01 Å². The first-order valence-electron chi connectivity index (χ1n) is 8.08. The average Bonchev–Trinajstić information content (AvgIpc) is 3.00. The molecule has 8 heteroatoms. The van der Waals surface area contributed by atoms with Crippen LogP contribution in [0, 0.1) is 6.92 Å². The lowest BCUT2D eigenvalue weighted by atomic mass is 10.00. The van der Waals surface area contributed by atoms with E-state index in [0.29, 0.717) is 11.3 Å². The Morgan fingerprint density at radius 2 is 1.89 bits per heavy atom. The third-order valence-electron chi connectivity index (χ3n) is 4.33. The Bertz CT molecular complexity index is 894. The summed E-state index contributed by atoms with van der Waals surface area (Å²) >= 11 is 0. The number of halogens is 3. The van der Waals surface area contributed by atoms with Gasteiger partial charge in [0, 0.05) is 5.56 Å². The van der Waals surface area contributed by atoms with Crippen LogP contribution in [0.5, 0.6) is 5.75 Å². The second kappa shape index (κ2) is 6.70. The zero-order valence-electron chi connectivity index (χ0n) is 14.6. The fraction of sp³-hybridized carbons (Fsp3) is 0.263. The lowest BCUT2D eigenvalue weighted by molar-refractivity contribution is -0.297. The number of rotatable bonds is 3. The summed E-state index contributed by atoms with van der Waals surface area (Å²) in [5.74, 6) is -0.769. The van der Waals surface area contributed by atoms with Crippen molar-refractivity contribution in [1.29, 1.82) is 0 Å². The number of amides is 1. The van der Waals surface area contributed by atoms with Crippen LogP contribution in [-0.2, 0) is 0 Å². The molecule has 142 valence electrons. The van der Waals surface area contributed by atoms with Crippen LogP contribution in [0.3, 0.4) is 0 Å². The number of carbonyl (C=O) groups excluding carboxylic acids is 1. The Labute approximate surface area is 153 Å². The first kappa shape index (κ1) is 18.9. The van der Waals surface area contributed by atoms with Gasteiger partial charge in [-0.05, 0) is 30.7 Å². The smallest absolute Gasteiger partial charge is 0.438 e. The molecule has 1 aliphatic heterocycles. The maximum Gasteiger partial charge on any atom is 0.438 e. The number of aliphatic hydroxyl groups is 1. The van der Waals surface area contributed by atoms with Crippen molar-refractivity contribution in [2.45, 2.75) is 25.2 Å². The monoisotopic (exact) mass is 378 g/mol. The van der Waals surface area contributed by atoms with Gasteiger partial charge in [-0.15, -0.1) is 0 Å². The van der Waals surface area contributed by atoms with Gasteiger partial charge < -0.3 is 9.84 Å². The molecule has 1 atom stereocenters. The lowest BCUT2D eigenvalue weighted by Gasteiger charge is -2.32. The van der Waals surface area contributed by atoms with Crippen LogP contribution in [0.25, 0.3) is 0 Å². The fourth-order valence-corrected chi connectivity index (χ4v) is 2.76. The Balaban J connectivity index is 2.04. The fourth-order valence-electron chi connectivity index (χ4n) is 2.76. The Hall–Kier alpha value is -2.87. The third kappa shape index (κ3) is 3.40. The summed E-state index contributed by atoms with van der Waals surface area (Å²) < 4.78 is 45.9. The molecular weight excluding hydrogens is 361 g/mol. The average molecular weight is 378 g/mol. The van der Waals surface area contributed by atoms with E-state index in [1.165, 1.54) is 25.3 Å². The molecule has 0 saturated carbocycles. The van der Waals surface area contributed by atoms with Crippen molar-refractivity contribution in [2.75, 3.05) is 7.11 Å². The number of methoxy groups -OCH3 is 1. The molecule has 1 amide bonds. The second-order valence-electron chi connectivity index (χ2n) is 6.25. The number of aryl methyl sites for hydroxylation is 1. The molecule has 0 aliphatic carbocycles. The SMILES string of the molecule is COc1cccc(C(=O)N2N=C(c3ccc(C)cc3)C[C@]2(O)C(F)(F)F)c1. The van der Waals surface area contributed by atoms with Crippen LogP contribution in [0.15, 0.2) is 53.6 Å². The normalized spacial score (nSPS) is 19.8. The molecule has 3 rings (SSSR count). The molecule has 0 radical (unpaired) electrons. The van der Waals surface area contributed by atoms with E-state index in [1.54, 1.807) is 30.3 Å². The van der Waals surface area contributed by atoms with Gasteiger partial charge in [0.1, 0.15) is 5.75 Å². The minimum Gasteiger partial charge on any atom is -0.497 e. The van der Waals surface area contributed by atoms with E-state index in [1.807, 2.05) is 6.92 Å². The molecule has 27 heavy (non-hydrogen) atoms. The number of hydrogen-bond acceptors (Lipinski definition) is 4. The number of ether oxygens (including phenoxy) is 1. The second-order valence-corrected chi connectivity index (χ2v) is 6.25. The summed E-state index contributed by atoms with van der Waals surface area (Å²) in [5.41, 5.74) is -2.19. The Morgan fingerprint density at radius 3 is 2.48 bits per heavy atom. The standard InChI is InChI=1S/C19H17F3N2O3/c1-12-6-8-13(9-7-12)16-11-18(26,19(20,21)22)24(23-16)17(25)14-4-3-5-15(10-14)27-2/h3-10,26H,11H2,1-2H3/t18-/m0/s1. The highest BCUT2D eigenvalue weighted by atomic mass is 19.4. The number of carbonyl (C=O) groups is 1. The van der Waals surface area contributed by atoms with Crippen molar-refractivity contribution in [3.05, 3.63) is 65.2 Å². The lowest BCUT2D eigenvalue weighted by Crippen LogP contribution is -2.56. The summed E-state index contributed by atoms with van der Waals surface area (Å²) in [6.07, 6.45) is -5.94. The van der Waals surface area contributed by atoms with Crippen LogP contribution in [0.2, 0.25) is 0 Å². The van der Waals surface area contributed by atoms with Gasteiger partial charge in [-0.3, -0.25) is 4.79 Å². The Morgan fingerprint density at radius 1 is 1.22 bits per heavy atom. The minimum absolute atomic E-state index is 0.0222. The quantitative estimate of drug-likeness (QED) is 0.889. The largest absolute Gasteiger partial charge is 0.497 e. The van der Waals surface area contributed by atoms with Gasteiger partial charge in [0.05, 0.1) is 19.2 Å². The van der Waals surface area contributed by atoms with Gasteiger partial charge in [-0.1, -0.05) is 35.9 Å². The summed E-state index contributed by atoms with van der Waals surface area (Å²) in [6, 6.07) is 12.3. The van der Waals surface area contributed by atoms with Gasteiger partial charge in [-0.2, -0.15) is 23.3 Å². The number of benzene rings is 2. The van der Waals surface area contributed by atoms with Gasteiger partial charge in [0.2, 0.25) is 0 Å². The van der Waals surface area contributed by atoms with Gasteiger partial charge in [0.15, 0.2) is 0 Å². The molecule has 1 heterocycles. The van der Waals surface area contributed by atoms with Crippen molar-refractivity contribution < 1.29 is 27.8 Å². The van der Waals surface area contributed by atoms with E-state index in [-0.39, 0.29) is 16.3 Å². The molecule has 2 aromatic rings. The first-order valence-corrected chi connectivity index (χ1v) is 8.08. The van der Waals surface area contributed by atoms with Crippen LogP contribution >= 0.6 is 0 Å². The highest BCUT2D eigenvalue weighted by Crippen LogP contribution is 2.42. The molecule has 1 aliphatic rings. The molecular formula is C19H17F3N2O3. The summed E-state index contributed by atoms with van der Waals surface area (Å²) in [4.78, 5) is 12.7. The highest BCUT2D eigenvalue weighted by molar-refractivity contribution is 6.05. The van der Waals surface area contributed by atoms with E-state index in [4.69, 9.17) is 4.74 Å². The highest BCUT2D eigenvalue weighted by Gasteiger charge is 2.63. The van der Waals surface area contributed by atoms with E-state index >= 15 is 0 Å². The molecule has 0 saturated heterocycles. The van der Waals surface area contributed by atoms with Crippen molar-refractivity contribution >= 4 is 11.6 Å². The number of alkyl halides is 3. The summed E-state index contributed by atoms with van der Waals surface area (Å²) in [6.45, 7) is 1.84. The van der Waals surface area contributed by atoms with Crippen molar-refractivity contribution in [3.8, 4) is 5.75 Å². The molecule has 5 nitrogen and oxygen atoms in total. The molecule has 0 fully saturated rings. The third-order valence-corrected chi connectivity index (χ3v) is 4.33.